The number of hydrogen-bond donors (Lipinski definition) is 1. The van der Waals surface area contributed by atoms with Gasteiger partial charge < -0.3 is 9.84 Å². The molecular formula is C26H41BrO4S. The fourth-order valence-corrected chi connectivity index (χ4v) is 5.27. The Morgan fingerprint density at radius 3 is 2.25 bits per heavy atom. The van der Waals surface area contributed by atoms with Crippen molar-refractivity contribution in [3.63, 3.8) is 0 Å². The van der Waals surface area contributed by atoms with Gasteiger partial charge in [0.05, 0.1) is 0 Å². The molecule has 32 heavy (non-hydrogen) atoms. The summed E-state index contributed by atoms with van der Waals surface area (Å²) in [6.45, 7) is 15.6. The molecule has 1 aromatic rings. The maximum atomic E-state index is 13.4. The molecule has 0 amide bonds. The van der Waals surface area contributed by atoms with Crippen molar-refractivity contribution in [1.82, 2.24) is 0 Å². The van der Waals surface area contributed by atoms with Crippen LogP contribution in [0.15, 0.2) is 28.7 Å². The van der Waals surface area contributed by atoms with Crippen LogP contribution in [0.5, 0.6) is 0 Å². The summed E-state index contributed by atoms with van der Waals surface area (Å²) in [5.74, 6) is -0.941. The van der Waals surface area contributed by atoms with Crippen LogP contribution in [0.4, 0.5) is 0 Å². The molecule has 0 aliphatic carbocycles. The third-order valence-corrected chi connectivity index (χ3v) is 6.78. The highest BCUT2D eigenvalue weighted by molar-refractivity contribution is 9.10. The molecule has 4 nitrogen and oxygen atoms in total. The SMILES string of the molecule is CCCC(C(C)CCC(=O)SC(C)(C)C)C(O)(Cc1cccc(Br)c1)C(=O)OC(C)(C)C. The zero-order valence-electron chi connectivity index (χ0n) is 21.0. The van der Waals surface area contributed by atoms with Crippen LogP contribution in [0.25, 0.3) is 0 Å². The van der Waals surface area contributed by atoms with Crippen molar-refractivity contribution in [3.8, 4) is 0 Å². The number of aliphatic hydroxyl groups is 1. The fourth-order valence-electron chi connectivity index (χ4n) is 3.92. The van der Waals surface area contributed by atoms with Crippen LogP contribution in [0.1, 0.15) is 86.6 Å². The quantitative estimate of drug-likeness (QED) is 0.332. The maximum Gasteiger partial charge on any atom is 0.339 e. The standard InChI is InChI=1S/C26H41BrO4S/c1-9-11-21(18(2)14-15-22(28)32-25(6,7)8)26(30,23(29)31-24(3,4)5)17-19-12-10-13-20(27)16-19/h10,12-13,16,18,21,30H,9,11,14-15,17H2,1-8H3. The van der Waals surface area contributed by atoms with Crippen molar-refractivity contribution in [2.45, 2.75) is 103 Å². The Hall–Kier alpha value is -0.850. The third-order valence-electron chi connectivity index (χ3n) is 5.24. The van der Waals surface area contributed by atoms with Crippen LogP contribution in [-0.2, 0) is 20.7 Å². The van der Waals surface area contributed by atoms with Crippen LogP contribution in [0.3, 0.4) is 0 Å². The van der Waals surface area contributed by atoms with E-state index in [2.05, 4.69) is 22.9 Å². The van der Waals surface area contributed by atoms with Crippen molar-refractivity contribution in [2.75, 3.05) is 0 Å². The molecule has 3 unspecified atom stereocenters. The number of ether oxygens (including phenoxy) is 1. The summed E-state index contributed by atoms with van der Waals surface area (Å²) in [5.41, 5.74) is -1.52. The van der Waals surface area contributed by atoms with E-state index in [0.29, 0.717) is 19.3 Å². The Balaban J connectivity index is 3.21. The molecule has 3 atom stereocenters. The number of carbonyl (C=O) groups excluding carboxylic acids is 2. The Morgan fingerprint density at radius 1 is 1.12 bits per heavy atom. The number of carbonyl (C=O) groups is 2. The molecule has 0 aromatic heterocycles. The van der Waals surface area contributed by atoms with Crippen molar-refractivity contribution in [1.29, 1.82) is 0 Å². The number of rotatable bonds is 10. The Labute approximate surface area is 207 Å². The highest BCUT2D eigenvalue weighted by atomic mass is 79.9. The van der Waals surface area contributed by atoms with Gasteiger partial charge in [0.15, 0.2) is 10.7 Å². The van der Waals surface area contributed by atoms with Gasteiger partial charge in [0.1, 0.15) is 5.60 Å². The van der Waals surface area contributed by atoms with Gasteiger partial charge in [-0.3, -0.25) is 4.79 Å². The molecule has 0 bridgehead atoms. The van der Waals surface area contributed by atoms with Crippen LogP contribution in [0, 0.1) is 11.8 Å². The minimum absolute atomic E-state index is 0.0239. The Morgan fingerprint density at radius 2 is 1.75 bits per heavy atom. The molecule has 0 heterocycles. The summed E-state index contributed by atoms with van der Waals surface area (Å²) < 4.78 is 6.47. The smallest absolute Gasteiger partial charge is 0.339 e. The van der Waals surface area contributed by atoms with E-state index in [1.165, 1.54) is 11.8 Å². The van der Waals surface area contributed by atoms with Crippen LogP contribution in [0.2, 0.25) is 0 Å². The lowest BCUT2D eigenvalue weighted by Gasteiger charge is -2.39. The molecule has 1 N–H and O–H groups in total. The highest BCUT2D eigenvalue weighted by Gasteiger charge is 2.48. The molecule has 1 rings (SSSR count). The highest BCUT2D eigenvalue weighted by Crippen LogP contribution is 2.38. The fraction of sp³-hybridized carbons (Fsp3) is 0.692. The van der Waals surface area contributed by atoms with E-state index in [9.17, 15) is 14.7 Å². The van der Waals surface area contributed by atoms with E-state index in [1.54, 1.807) is 0 Å². The molecule has 0 saturated heterocycles. The van der Waals surface area contributed by atoms with E-state index in [4.69, 9.17) is 4.74 Å². The van der Waals surface area contributed by atoms with E-state index in [0.717, 1.165) is 16.5 Å². The normalized spacial score (nSPS) is 16.2. The van der Waals surface area contributed by atoms with Crippen molar-refractivity contribution in [3.05, 3.63) is 34.3 Å². The lowest BCUT2D eigenvalue weighted by atomic mass is 9.72. The Bertz CT molecular complexity index is 766. The second-order valence-corrected chi connectivity index (χ2v) is 13.5. The molecule has 0 saturated carbocycles. The predicted molar refractivity (Wildman–Crippen MR) is 138 cm³/mol. The summed E-state index contributed by atoms with van der Waals surface area (Å²) in [6.07, 6.45) is 2.70. The van der Waals surface area contributed by atoms with Gasteiger partial charge in [-0.2, -0.15) is 0 Å². The van der Waals surface area contributed by atoms with Gasteiger partial charge in [-0.1, -0.05) is 80.9 Å². The van der Waals surface area contributed by atoms with Crippen molar-refractivity contribution < 1.29 is 19.4 Å². The minimum atomic E-state index is -1.68. The summed E-state index contributed by atoms with van der Waals surface area (Å²) >= 11 is 4.83. The minimum Gasteiger partial charge on any atom is -0.458 e. The first-order valence-electron chi connectivity index (χ1n) is 11.5. The van der Waals surface area contributed by atoms with E-state index < -0.39 is 17.2 Å². The summed E-state index contributed by atoms with van der Waals surface area (Å²) in [7, 11) is 0. The zero-order valence-corrected chi connectivity index (χ0v) is 23.4. The van der Waals surface area contributed by atoms with Gasteiger partial charge in [-0.15, -0.1) is 0 Å². The van der Waals surface area contributed by atoms with Gasteiger partial charge in [0.2, 0.25) is 0 Å². The van der Waals surface area contributed by atoms with Crippen molar-refractivity contribution >= 4 is 38.8 Å². The monoisotopic (exact) mass is 528 g/mol. The lowest BCUT2D eigenvalue weighted by molar-refractivity contribution is -0.186. The predicted octanol–water partition coefficient (Wildman–Crippen LogP) is 6.96. The van der Waals surface area contributed by atoms with Gasteiger partial charge in [-0.05, 0) is 57.2 Å². The van der Waals surface area contributed by atoms with E-state index in [-0.39, 0.29) is 28.1 Å². The summed E-state index contributed by atoms with van der Waals surface area (Å²) in [6, 6.07) is 7.65. The number of benzene rings is 1. The molecule has 6 heteroatoms. The molecule has 182 valence electrons. The van der Waals surface area contributed by atoms with Crippen LogP contribution < -0.4 is 0 Å². The topological polar surface area (TPSA) is 63.6 Å². The summed E-state index contributed by atoms with van der Waals surface area (Å²) in [5, 5.41) is 12.1. The number of thioether (sulfide) groups is 1. The largest absolute Gasteiger partial charge is 0.458 e. The van der Waals surface area contributed by atoms with Gasteiger partial charge in [0, 0.05) is 28.0 Å². The molecule has 0 radical (unpaired) electrons. The van der Waals surface area contributed by atoms with Crippen molar-refractivity contribution in [2.24, 2.45) is 11.8 Å². The lowest BCUT2D eigenvalue weighted by Crippen LogP contribution is -2.53. The average molecular weight is 530 g/mol. The second kappa shape index (κ2) is 12.0. The molecule has 0 aliphatic rings. The molecule has 1 aromatic carbocycles. The number of hydrogen-bond acceptors (Lipinski definition) is 5. The van der Waals surface area contributed by atoms with Gasteiger partial charge in [-0.25, -0.2) is 4.79 Å². The Kier molecular flexibility index (Phi) is 11.0. The molecule has 0 aliphatic heterocycles. The maximum absolute atomic E-state index is 13.4. The number of esters is 1. The second-order valence-electron chi connectivity index (χ2n) is 10.7. The average Bonchev–Trinajstić information content (AvgIpc) is 2.61. The van der Waals surface area contributed by atoms with Gasteiger partial charge >= 0.3 is 5.97 Å². The third kappa shape index (κ3) is 9.96. The van der Waals surface area contributed by atoms with Gasteiger partial charge in [0.25, 0.3) is 0 Å². The first kappa shape index (κ1) is 29.2. The molecule has 0 spiro atoms. The first-order chi connectivity index (χ1) is 14.6. The molecule has 0 fully saturated rings. The molecular weight excluding hydrogens is 488 g/mol. The summed E-state index contributed by atoms with van der Waals surface area (Å²) in [4.78, 5) is 25.8. The van der Waals surface area contributed by atoms with E-state index in [1.807, 2.05) is 72.7 Å². The number of halogens is 1. The first-order valence-corrected chi connectivity index (χ1v) is 13.1. The van der Waals surface area contributed by atoms with Crippen LogP contribution >= 0.6 is 27.7 Å². The van der Waals surface area contributed by atoms with Crippen LogP contribution in [-0.4, -0.2) is 32.1 Å². The van der Waals surface area contributed by atoms with E-state index >= 15 is 0 Å². The zero-order chi connectivity index (χ0) is 24.7.